The Morgan fingerprint density at radius 2 is 1.78 bits per heavy atom. The number of ether oxygens (including phenoxy) is 1. The van der Waals surface area contributed by atoms with E-state index in [1.54, 1.807) is 42.5 Å². The first-order valence-electron chi connectivity index (χ1n) is 6.81. The molecule has 0 spiro atoms. The van der Waals surface area contributed by atoms with Crippen molar-refractivity contribution in [1.82, 2.24) is 0 Å². The van der Waals surface area contributed by atoms with E-state index < -0.39 is 11.1 Å². The third kappa shape index (κ3) is 2.80. The van der Waals surface area contributed by atoms with Gasteiger partial charge in [0.05, 0.1) is 17.7 Å². The first kappa shape index (κ1) is 15.2. The highest BCUT2D eigenvalue weighted by molar-refractivity contribution is 8.19. The quantitative estimate of drug-likeness (QED) is 0.872. The third-order valence-corrected chi connectivity index (χ3v) is 4.21. The number of rotatable bonds is 3. The van der Waals surface area contributed by atoms with Gasteiger partial charge in [-0.15, -0.1) is 0 Å². The van der Waals surface area contributed by atoms with Gasteiger partial charge in [-0.2, -0.15) is 0 Å². The van der Waals surface area contributed by atoms with E-state index in [-0.39, 0.29) is 10.7 Å². The Hall–Kier alpha value is -2.73. The van der Waals surface area contributed by atoms with Crippen LogP contribution >= 0.6 is 11.8 Å². The third-order valence-electron chi connectivity index (χ3n) is 3.34. The van der Waals surface area contributed by atoms with E-state index in [0.717, 1.165) is 16.7 Å². The smallest absolute Gasteiger partial charge is 0.298 e. The largest absolute Gasteiger partial charge is 0.507 e. The van der Waals surface area contributed by atoms with Crippen molar-refractivity contribution in [2.45, 2.75) is 0 Å². The average molecular weight is 327 g/mol. The Bertz CT molecular complexity index is 816. The van der Waals surface area contributed by atoms with Gasteiger partial charge in [-0.3, -0.25) is 9.59 Å². The minimum atomic E-state index is -0.437. The fourth-order valence-corrected chi connectivity index (χ4v) is 3.07. The minimum absolute atomic E-state index is 0.0524. The predicted molar refractivity (Wildman–Crippen MR) is 89.6 cm³/mol. The standard InChI is InChI=1S/C17H13NO4S/c1-22-14-9-5-3-7-12(14)18-16(20)15(23-17(18)21)10-11-6-2-4-8-13(11)19/h2-10,19H,1H3/b15-10-. The van der Waals surface area contributed by atoms with Crippen molar-refractivity contribution in [3.63, 3.8) is 0 Å². The van der Waals surface area contributed by atoms with Gasteiger partial charge in [-0.1, -0.05) is 30.3 Å². The van der Waals surface area contributed by atoms with Crippen molar-refractivity contribution in [2.75, 3.05) is 12.0 Å². The van der Waals surface area contributed by atoms with E-state index in [2.05, 4.69) is 0 Å². The van der Waals surface area contributed by atoms with Gasteiger partial charge in [-0.05, 0) is 36.0 Å². The first-order valence-corrected chi connectivity index (χ1v) is 7.62. The zero-order chi connectivity index (χ0) is 16.4. The Morgan fingerprint density at radius 1 is 1.09 bits per heavy atom. The van der Waals surface area contributed by atoms with Crippen molar-refractivity contribution >= 4 is 34.7 Å². The number of benzene rings is 2. The summed E-state index contributed by atoms with van der Waals surface area (Å²) in [5.74, 6) is 0.0583. The summed E-state index contributed by atoms with van der Waals surface area (Å²) in [6.07, 6.45) is 1.51. The summed E-state index contributed by atoms with van der Waals surface area (Å²) in [5.41, 5.74) is 0.885. The number of nitrogens with zero attached hydrogens (tertiary/aromatic N) is 1. The molecule has 0 atom stereocenters. The van der Waals surface area contributed by atoms with Gasteiger partial charge in [0.2, 0.25) is 0 Å². The van der Waals surface area contributed by atoms with Crippen LogP contribution < -0.4 is 9.64 Å². The lowest BCUT2D eigenvalue weighted by Gasteiger charge is -2.15. The van der Waals surface area contributed by atoms with Crippen LogP contribution in [0.25, 0.3) is 6.08 Å². The maximum Gasteiger partial charge on any atom is 0.298 e. The molecule has 1 N–H and O–H groups in total. The molecule has 5 nitrogen and oxygen atoms in total. The van der Waals surface area contributed by atoms with E-state index >= 15 is 0 Å². The monoisotopic (exact) mass is 327 g/mol. The van der Waals surface area contributed by atoms with Crippen LogP contribution in [0.3, 0.4) is 0 Å². The number of carbonyl (C=O) groups is 2. The predicted octanol–water partition coefficient (Wildman–Crippen LogP) is 3.64. The van der Waals surface area contributed by atoms with Crippen LogP contribution in [0.2, 0.25) is 0 Å². The number of carbonyl (C=O) groups excluding carboxylic acids is 2. The lowest BCUT2D eigenvalue weighted by atomic mass is 10.2. The lowest BCUT2D eigenvalue weighted by Crippen LogP contribution is -2.28. The second kappa shape index (κ2) is 6.18. The number of thioether (sulfide) groups is 1. The van der Waals surface area contributed by atoms with Gasteiger partial charge in [0.1, 0.15) is 11.5 Å². The van der Waals surface area contributed by atoms with E-state index in [0.29, 0.717) is 17.0 Å². The van der Waals surface area contributed by atoms with Crippen LogP contribution in [-0.4, -0.2) is 23.4 Å². The molecule has 0 radical (unpaired) electrons. The minimum Gasteiger partial charge on any atom is -0.507 e. The van der Waals surface area contributed by atoms with Gasteiger partial charge in [-0.25, -0.2) is 4.90 Å². The number of methoxy groups -OCH3 is 1. The van der Waals surface area contributed by atoms with Crippen molar-refractivity contribution < 1.29 is 19.4 Å². The summed E-state index contributed by atoms with van der Waals surface area (Å²) in [4.78, 5) is 26.2. The zero-order valence-electron chi connectivity index (χ0n) is 12.2. The molecule has 0 aromatic heterocycles. The first-order chi connectivity index (χ1) is 11.1. The highest BCUT2D eigenvalue weighted by atomic mass is 32.2. The number of hydrogen-bond donors (Lipinski definition) is 1. The number of imide groups is 1. The number of aromatic hydroxyl groups is 1. The molecule has 1 aliphatic heterocycles. The molecule has 6 heteroatoms. The molecule has 1 aliphatic rings. The van der Waals surface area contributed by atoms with Gasteiger partial charge in [0.25, 0.3) is 11.1 Å². The van der Waals surface area contributed by atoms with Crippen molar-refractivity contribution in [3.8, 4) is 11.5 Å². The number of para-hydroxylation sites is 3. The molecule has 0 unspecified atom stereocenters. The fourth-order valence-electron chi connectivity index (χ4n) is 2.24. The molecule has 0 aliphatic carbocycles. The van der Waals surface area contributed by atoms with Crippen molar-refractivity contribution in [3.05, 3.63) is 59.0 Å². The summed E-state index contributed by atoms with van der Waals surface area (Å²) in [6, 6.07) is 13.5. The van der Waals surface area contributed by atoms with Crippen LogP contribution in [0.4, 0.5) is 10.5 Å². The fraction of sp³-hybridized carbons (Fsp3) is 0.0588. The average Bonchev–Trinajstić information content (AvgIpc) is 2.83. The number of amides is 2. The van der Waals surface area contributed by atoms with Crippen molar-refractivity contribution in [1.29, 1.82) is 0 Å². The summed E-state index contributed by atoms with van der Waals surface area (Å²) in [7, 11) is 1.48. The van der Waals surface area contributed by atoms with Crippen LogP contribution in [-0.2, 0) is 4.79 Å². The molecule has 2 amide bonds. The van der Waals surface area contributed by atoms with E-state index in [4.69, 9.17) is 4.74 Å². The Balaban J connectivity index is 1.99. The highest BCUT2D eigenvalue weighted by Gasteiger charge is 2.37. The topological polar surface area (TPSA) is 66.8 Å². The Morgan fingerprint density at radius 3 is 2.52 bits per heavy atom. The number of phenols is 1. The highest BCUT2D eigenvalue weighted by Crippen LogP contribution is 2.39. The van der Waals surface area contributed by atoms with E-state index in [1.165, 1.54) is 19.3 Å². The maximum absolute atomic E-state index is 12.6. The zero-order valence-corrected chi connectivity index (χ0v) is 13.0. The van der Waals surface area contributed by atoms with Gasteiger partial charge < -0.3 is 9.84 Å². The van der Waals surface area contributed by atoms with Crippen LogP contribution in [0.5, 0.6) is 11.5 Å². The second-order valence-corrected chi connectivity index (χ2v) is 5.74. The van der Waals surface area contributed by atoms with Crippen LogP contribution in [0.15, 0.2) is 53.4 Å². The normalized spacial score (nSPS) is 16.2. The SMILES string of the molecule is COc1ccccc1N1C(=O)S/C(=C\c2ccccc2O)C1=O. The Labute approximate surface area is 137 Å². The molecule has 2 aromatic rings. The van der Waals surface area contributed by atoms with E-state index in [9.17, 15) is 14.7 Å². The molecule has 1 fully saturated rings. The van der Waals surface area contributed by atoms with Gasteiger partial charge in [0.15, 0.2) is 0 Å². The molecule has 1 saturated heterocycles. The molecule has 116 valence electrons. The number of anilines is 1. The van der Waals surface area contributed by atoms with Crippen LogP contribution in [0, 0.1) is 0 Å². The summed E-state index contributed by atoms with van der Waals surface area (Å²) < 4.78 is 5.21. The van der Waals surface area contributed by atoms with Crippen molar-refractivity contribution in [2.24, 2.45) is 0 Å². The molecule has 0 bridgehead atoms. The molecule has 23 heavy (non-hydrogen) atoms. The molecular formula is C17H13NO4S. The molecular weight excluding hydrogens is 314 g/mol. The molecule has 2 aromatic carbocycles. The summed E-state index contributed by atoms with van der Waals surface area (Å²) >= 11 is 0.831. The second-order valence-electron chi connectivity index (χ2n) is 4.75. The maximum atomic E-state index is 12.6. The van der Waals surface area contributed by atoms with Crippen LogP contribution in [0.1, 0.15) is 5.56 Å². The van der Waals surface area contributed by atoms with Gasteiger partial charge in [0, 0.05) is 5.56 Å². The molecule has 0 saturated carbocycles. The summed E-state index contributed by atoms with van der Waals surface area (Å²) in [6.45, 7) is 0. The number of phenolic OH excluding ortho intramolecular Hbond substituents is 1. The van der Waals surface area contributed by atoms with E-state index in [1.807, 2.05) is 0 Å². The summed E-state index contributed by atoms with van der Waals surface area (Å²) in [5, 5.41) is 9.40. The number of hydrogen-bond acceptors (Lipinski definition) is 5. The van der Waals surface area contributed by atoms with Gasteiger partial charge >= 0.3 is 0 Å². The molecule has 3 rings (SSSR count). The lowest BCUT2D eigenvalue weighted by molar-refractivity contribution is -0.113. The Kier molecular flexibility index (Phi) is 4.08. The molecule has 1 heterocycles.